The molecule has 0 saturated carbocycles. The first-order valence-electron chi connectivity index (χ1n) is 33.0. The molecule has 9 heteroatoms. The van der Waals surface area contributed by atoms with Gasteiger partial charge in [-0.15, -0.1) is 29.3 Å². The van der Waals surface area contributed by atoms with Crippen molar-refractivity contribution >= 4 is 34.4 Å². The Morgan fingerprint density at radius 3 is 1.32 bits per heavy atom. The summed E-state index contributed by atoms with van der Waals surface area (Å²) in [4.78, 5) is 24.7. The van der Waals surface area contributed by atoms with Gasteiger partial charge in [0.05, 0.1) is 17.1 Å². The summed E-state index contributed by atoms with van der Waals surface area (Å²) in [6.07, 6.45) is 17.0. The van der Waals surface area contributed by atoms with Gasteiger partial charge in [-0.25, -0.2) is 15.0 Å². The van der Waals surface area contributed by atoms with Crippen molar-refractivity contribution in [3.8, 4) is 56.5 Å². The van der Waals surface area contributed by atoms with E-state index in [2.05, 4.69) is 206 Å². The summed E-state index contributed by atoms with van der Waals surface area (Å²) in [5, 5.41) is 22.6. The van der Waals surface area contributed by atoms with Gasteiger partial charge >= 0.3 is 0 Å². The third-order valence-corrected chi connectivity index (χ3v) is 18.6. The monoisotopic (exact) mass is 1380 g/mol. The largest absolute Gasteiger partial charge is 0.507 e. The first-order valence-corrected chi connectivity index (χ1v) is 33.0. The molecule has 4 heterocycles. The molecule has 2 aliphatic carbocycles. The minimum atomic E-state index is -0.133. The van der Waals surface area contributed by atoms with Gasteiger partial charge in [0.2, 0.25) is 0 Å². The van der Waals surface area contributed by atoms with Crippen LogP contribution in [0.4, 0.5) is 34.4 Å². The number of benzene rings is 6. The maximum absolute atomic E-state index is 11.3. The summed E-state index contributed by atoms with van der Waals surface area (Å²) in [5.74, 6) is 2.32. The van der Waals surface area contributed by atoms with E-state index in [0.29, 0.717) is 11.5 Å². The van der Waals surface area contributed by atoms with Gasteiger partial charge in [-0.2, -0.15) is 0 Å². The van der Waals surface area contributed by atoms with Gasteiger partial charge in [0.15, 0.2) is 0 Å². The molecule has 91 heavy (non-hydrogen) atoms. The standard InChI is InChI=1S/C41H45N3O.C41H44N3O.Pt/c2*1-6-8-23-41(24-9-7-2)33-18-15-19-36(45)38(33)39-34(41)21-22-35(43-39)29-26-30(40(3,4)5)28-32(27-29)44(31-16-11-10-12-17-31)37-20-13-14-25-42-37;/h10-22,25-28,45H,6-9,23-24H2,1-5H3;10-22,25-26,28,45H,6-9,23-24H2,1-5H3;/q;-1;. The van der Waals surface area contributed by atoms with Crippen LogP contribution in [0.5, 0.6) is 11.5 Å². The molecule has 0 radical (unpaired) electrons. The summed E-state index contributed by atoms with van der Waals surface area (Å²) in [5.41, 5.74) is 18.3. The number of nitrogens with zero attached hydrogens (tertiary/aromatic N) is 6. The van der Waals surface area contributed by atoms with E-state index in [9.17, 15) is 10.2 Å². The van der Waals surface area contributed by atoms with Crippen molar-refractivity contribution in [2.24, 2.45) is 0 Å². The molecule has 2 aliphatic rings. The van der Waals surface area contributed by atoms with Gasteiger partial charge in [-0.05, 0) is 161 Å². The second kappa shape index (κ2) is 28.1. The zero-order chi connectivity index (χ0) is 63.2. The predicted molar refractivity (Wildman–Crippen MR) is 374 cm³/mol. The van der Waals surface area contributed by atoms with Gasteiger partial charge in [0.1, 0.15) is 23.1 Å². The molecule has 0 fully saturated rings. The second-order valence-corrected chi connectivity index (χ2v) is 26.8. The maximum atomic E-state index is 11.3. The van der Waals surface area contributed by atoms with Gasteiger partial charge in [-0.3, -0.25) is 9.88 Å². The maximum Gasteiger partial charge on any atom is 0.137 e. The number of hydrogen-bond donors (Lipinski definition) is 2. The Kier molecular flexibility index (Phi) is 20.3. The number of hydrogen-bond acceptors (Lipinski definition) is 8. The van der Waals surface area contributed by atoms with E-state index in [1.165, 1.54) is 33.4 Å². The van der Waals surface area contributed by atoms with Crippen molar-refractivity contribution in [2.45, 2.75) is 168 Å². The average Bonchev–Trinajstić information content (AvgIpc) is 1.59. The third kappa shape index (κ3) is 13.3. The molecule has 0 aliphatic heterocycles. The van der Waals surface area contributed by atoms with E-state index >= 15 is 0 Å². The van der Waals surface area contributed by atoms with Crippen LogP contribution < -0.4 is 9.80 Å². The molecule has 0 spiro atoms. The quantitative estimate of drug-likeness (QED) is 0.0729. The number of phenolic OH excluding ortho intramolecular Hbond substituents is 2. The molecule has 8 nitrogen and oxygen atoms in total. The zero-order valence-electron chi connectivity index (χ0n) is 54.9. The molecular formula is C82H89N6O2Pt-. The number of unbranched alkanes of at least 4 members (excludes halogenated alkanes) is 4. The Morgan fingerprint density at radius 2 is 0.857 bits per heavy atom. The molecule has 0 amide bonds. The SMILES string of the molecule is CCCCC1(CCCC)c2ccc(-c3[c-]c(N(c4ccccc4)c4ccccn4)cc(C(C)(C)C)c3)nc2-c2c(O)cccc21.CCCCC1(CCCC)c2ccc(-c3cc(N(c4ccccc4)c4ccccn4)cc(C(C)(C)C)c3)nc2-c2c(O)cccc21.[Pt]. The van der Waals surface area contributed by atoms with Gasteiger partial charge < -0.3 is 15.1 Å². The fraction of sp³-hybridized carbons (Fsp3) is 0.317. The molecule has 0 unspecified atom stereocenters. The minimum absolute atomic E-state index is 0. The predicted octanol–water partition coefficient (Wildman–Crippen LogP) is 22.3. The van der Waals surface area contributed by atoms with Gasteiger partial charge in [0, 0.05) is 78.0 Å². The fourth-order valence-corrected chi connectivity index (χ4v) is 13.8. The van der Waals surface area contributed by atoms with E-state index in [-0.39, 0.29) is 42.7 Å². The number of rotatable bonds is 20. The van der Waals surface area contributed by atoms with Crippen molar-refractivity contribution < 1.29 is 31.3 Å². The number of anilines is 6. The summed E-state index contributed by atoms with van der Waals surface area (Å²) >= 11 is 0. The van der Waals surface area contributed by atoms with Crippen molar-refractivity contribution in [3.05, 3.63) is 240 Å². The van der Waals surface area contributed by atoms with E-state index in [1.807, 2.05) is 79.1 Å². The average molecular weight is 1390 g/mol. The first-order chi connectivity index (χ1) is 43.5. The number of fused-ring (bicyclic) bond motifs is 6. The van der Waals surface area contributed by atoms with E-state index in [1.54, 1.807) is 0 Å². The molecule has 2 N–H and O–H groups in total. The number of pyridine rings is 4. The zero-order valence-corrected chi connectivity index (χ0v) is 57.2. The molecule has 6 aromatic carbocycles. The molecule has 0 bridgehead atoms. The molecule has 4 aromatic heterocycles. The Bertz CT molecular complexity index is 3720. The van der Waals surface area contributed by atoms with E-state index in [4.69, 9.17) is 19.9 Å². The van der Waals surface area contributed by atoms with Crippen LogP contribution in [0.2, 0.25) is 0 Å². The van der Waals surface area contributed by atoms with Gasteiger partial charge in [-0.1, -0.05) is 212 Å². The van der Waals surface area contributed by atoms with Crippen molar-refractivity contribution in [3.63, 3.8) is 0 Å². The summed E-state index contributed by atoms with van der Waals surface area (Å²) < 4.78 is 0. The van der Waals surface area contributed by atoms with Crippen LogP contribution in [-0.2, 0) is 42.7 Å². The van der Waals surface area contributed by atoms with Crippen LogP contribution in [0.25, 0.3) is 45.0 Å². The molecule has 0 saturated heterocycles. The molecule has 470 valence electrons. The van der Waals surface area contributed by atoms with Gasteiger partial charge in [0.25, 0.3) is 0 Å². The minimum Gasteiger partial charge on any atom is -0.507 e. The summed E-state index contributed by atoms with van der Waals surface area (Å²) in [7, 11) is 0. The van der Waals surface area contributed by atoms with Crippen LogP contribution in [0.1, 0.15) is 180 Å². The topological polar surface area (TPSA) is 98.5 Å². The first kappa shape index (κ1) is 65.8. The van der Waals surface area contributed by atoms with E-state index in [0.717, 1.165) is 156 Å². The van der Waals surface area contributed by atoms with Crippen LogP contribution >= 0.6 is 0 Å². The Labute approximate surface area is 556 Å². The molecular weight excluding hydrogens is 1300 g/mol. The Balaban J connectivity index is 0.000000198. The van der Waals surface area contributed by atoms with Crippen molar-refractivity contribution in [1.29, 1.82) is 0 Å². The number of aromatic nitrogens is 4. The number of para-hydroxylation sites is 2. The Morgan fingerprint density at radius 1 is 0.418 bits per heavy atom. The summed E-state index contributed by atoms with van der Waals surface area (Å²) in [6, 6.07) is 68.8. The normalized spacial score (nSPS) is 13.2. The van der Waals surface area contributed by atoms with Crippen LogP contribution in [0, 0.1) is 6.07 Å². The Hall–Kier alpha value is -8.19. The summed E-state index contributed by atoms with van der Waals surface area (Å²) in [6.45, 7) is 22.5. The smallest absolute Gasteiger partial charge is 0.137 e. The fourth-order valence-electron chi connectivity index (χ4n) is 13.8. The van der Waals surface area contributed by atoms with Crippen LogP contribution in [0.15, 0.2) is 200 Å². The third-order valence-electron chi connectivity index (χ3n) is 18.6. The molecule has 10 aromatic rings. The number of phenols is 2. The van der Waals surface area contributed by atoms with Crippen molar-refractivity contribution in [1.82, 2.24) is 19.9 Å². The van der Waals surface area contributed by atoms with Crippen molar-refractivity contribution in [2.75, 3.05) is 9.80 Å². The van der Waals surface area contributed by atoms with E-state index < -0.39 is 0 Å². The molecule has 12 rings (SSSR count). The number of aromatic hydroxyl groups is 2. The molecule has 0 atom stereocenters. The second-order valence-electron chi connectivity index (χ2n) is 26.8. The van der Waals surface area contributed by atoms with Crippen LogP contribution in [0.3, 0.4) is 0 Å². The van der Waals surface area contributed by atoms with Crippen LogP contribution in [-0.4, -0.2) is 30.1 Å².